The normalized spacial score (nSPS) is 16.7. The number of nitrogens with two attached hydrogens (primary N) is 1. The number of hydrazine groups is 1. The Morgan fingerprint density at radius 1 is 1.38 bits per heavy atom. The predicted molar refractivity (Wildman–Crippen MR) is 86.2 cm³/mol. The number of rotatable bonds is 5. The van der Waals surface area contributed by atoms with Crippen molar-refractivity contribution >= 4 is 11.6 Å². The van der Waals surface area contributed by atoms with E-state index in [1.807, 2.05) is 25.1 Å². The molecule has 1 aliphatic rings. The number of amides is 1. The Hall–Kier alpha value is -1.59. The van der Waals surface area contributed by atoms with E-state index in [1.54, 1.807) is 0 Å². The van der Waals surface area contributed by atoms with Crippen molar-refractivity contribution in [1.82, 2.24) is 10.2 Å². The van der Waals surface area contributed by atoms with Crippen LogP contribution in [0.15, 0.2) is 18.2 Å². The van der Waals surface area contributed by atoms with Gasteiger partial charge in [0.2, 0.25) is 0 Å². The number of anilines is 1. The van der Waals surface area contributed by atoms with Gasteiger partial charge < -0.3 is 15.6 Å². The Morgan fingerprint density at radius 3 is 2.71 bits per heavy atom. The lowest BCUT2D eigenvalue weighted by atomic mass is 9.96. The SMILES string of the molecule is CCN1CCC(CNC(=O)c2ccc(C)cc2NN)CC1. The third-order valence-electron chi connectivity index (χ3n) is 4.28. The van der Waals surface area contributed by atoms with Crippen LogP contribution in [0.25, 0.3) is 0 Å². The number of likely N-dealkylation sites (tertiary alicyclic amines) is 1. The summed E-state index contributed by atoms with van der Waals surface area (Å²) in [5, 5.41) is 3.04. The Bertz CT molecular complexity index is 481. The molecule has 2 rings (SSSR count). The summed E-state index contributed by atoms with van der Waals surface area (Å²) < 4.78 is 0. The fourth-order valence-corrected chi connectivity index (χ4v) is 2.81. The lowest BCUT2D eigenvalue weighted by Gasteiger charge is -2.31. The van der Waals surface area contributed by atoms with E-state index in [1.165, 1.54) is 0 Å². The molecule has 116 valence electrons. The van der Waals surface area contributed by atoms with E-state index in [0.29, 0.717) is 17.2 Å². The predicted octanol–water partition coefficient (Wildman–Crippen LogP) is 1.74. The molecule has 0 saturated carbocycles. The number of piperidine rings is 1. The van der Waals surface area contributed by atoms with Crippen LogP contribution < -0.4 is 16.6 Å². The fraction of sp³-hybridized carbons (Fsp3) is 0.562. The second kappa shape index (κ2) is 7.43. The summed E-state index contributed by atoms with van der Waals surface area (Å²) in [4.78, 5) is 14.7. The molecule has 0 radical (unpaired) electrons. The number of aryl methyl sites for hydroxylation is 1. The topological polar surface area (TPSA) is 70.4 Å². The molecule has 0 bridgehead atoms. The largest absolute Gasteiger partial charge is 0.352 e. The molecule has 0 aromatic heterocycles. The first-order chi connectivity index (χ1) is 10.1. The molecule has 21 heavy (non-hydrogen) atoms. The number of benzene rings is 1. The minimum atomic E-state index is -0.0547. The highest BCUT2D eigenvalue weighted by Crippen LogP contribution is 2.18. The van der Waals surface area contributed by atoms with Crippen molar-refractivity contribution in [2.45, 2.75) is 26.7 Å². The van der Waals surface area contributed by atoms with Crippen LogP contribution in [0.4, 0.5) is 5.69 Å². The van der Waals surface area contributed by atoms with E-state index in [9.17, 15) is 4.79 Å². The van der Waals surface area contributed by atoms with E-state index in [-0.39, 0.29) is 5.91 Å². The number of nitrogen functional groups attached to an aromatic ring is 1. The molecule has 1 amide bonds. The van der Waals surface area contributed by atoms with Crippen LogP contribution in [0.1, 0.15) is 35.7 Å². The van der Waals surface area contributed by atoms with Gasteiger partial charge in [-0.1, -0.05) is 13.0 Å². The Labute approximate surface area is 126 Å². The van der Waals surface area contributed by atoms with Crippen LogP contribution in [0.3, 0.4) is 0 Å². The average Bonchev–Trinajstić information content (AvgIpc) is 2.52. The van der Waals surface area contributed by atoms with Crippen LogP contribution in [-0.4, -0.2) is 37.0 Å². The van der Waals surface area contributed by atoms with Crippen molar-refractivity contribution < 1.29 is 4.79 Å². The summed E-state index contributed by atoms with van der Waals surface area (Å²) in [6.45, 7) is 8.31. The van der Waals surface area contributed by atoms with Gasteiger partial charge in [0.1, 0.15) is 0 Å². The second-order valence-corrected chi connectivity index (χ2v) is 5.78. The average molecular weight is 290 g/mol. The molecule has 5 nitrogen and oxygen atoms in total. The van der Waals surface area contributed by atoms with E-state index in [4.69, 9.17) is 5.84 Å². The van der Waals surface area contributed by atoms with Gasteiger partial charge in [-0.15, -0.1) is 0 Å². The number of carbonyl (C=O) groups is 1. The van der Waals surface area contributed by atoms with Crippen LogP contribution in [0.5, 0.6) is 0 Å². The fourth-order valence-electron chi connectivity index (χ4n) is 2.81. The van der Waals surface area contributed by atoms with Crippen LogP contribution in [0, 0.1) is 12.8 Å². The zero-order chi connectivity index (χ0) is 15.2. The molecule has 1 fully saturated rings. The first-order valence-electron chi connectivity index (χ1n) is 7.71. The lowest BCUT2D eigenvalue weighted by molar-refractivity contribution is 0.0937. The van der Waals surface area contributed by atoms with Gasteiger partial charge in [-0.2, -0.15) is 0 Å². The Morgan fingerprint density at radius 2 is 2.10 bits per heavy atom. The summed E-state index contributed by atoms with van der Waals surface area (Å²) in [7, 11) is 0. The molecule has 0 spiro atoms. The summed E-state index contributed by atoms with van der Waals surface area (Å²) in [5.41, 5.74) is 4.96. The van der Waals surface area contributed by atoms with Gasteiger partial charge in [0, 0.05) is 6.54 Å². The maximum atomic E-state index is 12.3. The molecule has 1 saturated heterocycles. The molecule has 1 aromatic rings. The smallest absolute Gasteiger partial charge is 0.253 e. The molecule has 1 heterocycles. The van der Waals surface area contributed by atoms with Gasteiger partial charge in [-0.3, -0.25) is 10.6 Å². The lowest BCUT2D eigenvalue weighted by Crippen LogP contribution is -2.38. The molecule has 1 aromatic carbocycles. The van der Waals surface area contributed by atoms with Crippen molar-refractivity contribution in [3.8, 4) is 0 Å². The van der Waals surface area contributed by atoms with Gasteiger partial charge in [0.25, 0.3) is 5.91 Å². The third-order valence-corrected chi connectivity index (χ3v) is 4.28. The number of carbonyl (C=O) groups excluding carboxylic acids is 1. The third kappa shape index (κ3) is 4.19. The first kappa shape index (κ1) is 15.8. The van der Waals surface area contributed by atoms with Crippen LogP contribution >= 0.6 is 0 Å². The zero-order valence-corrected chi connectivity index (χ0v) is 13.0. The van der Waals surface area contributed by atoms with E-state index in [0.717, 1.165) is 44.6 Å². The van der Waals surface area contributed by atoms with Gasteiger partial charge in [0.05, 0.1) is 11.3 Å². The van der Waals surface area contributed by atoms with Crippen molar-refractivity contribution in [3.63, 3.8) is 0 Å². The van der Waals surface area contributed by atoms with Crippen molar-refractivity contribution in [3.05, 3.63) is 29.3 Å². The maximum Gasteiger partial charge on any atom is 0.253 e. The molecular weight excluding hydrogens is 264 g/mol. The maximum absolute atomic E-state index is 12.3. The number of nitrogens with one attached hydrogen (secondary N) is 2. The second-order valence-electron chi connectivity index (χ2n) is 5.78. The van der Waals surface area contributed by atoms with Gasteiger partial charge in [-0.05, 0) is 63.0 Å². The molecule has 0 atom stereocenters. The van der Waals surface area contributed by atoms with E-state index < -0.39 is 0 Å². The Balaban J connectivity index is 1.88. The van der Waals surface area contributed by atoms with E-state index in [2.05, 4.69) is 22.6 Å². The highest BCUT2D eigenvalue weighted by atomic mass is 16.1. The highest BCUT2D eigenvalue weighted by molar-refractivity contribution is 5.99. The molecule has 4 N–H and O–H groups in total. The molecular formula is C16H26N4O. The van der Waals surface area contributed by atoms with Crippen LogP contribution in [-0.2, 0) is 0 Å². The minimum Gasteiger partial charge on any atom is -0.352 e. The number of hydrogen-bond donors (Lipinski definition) is 3. The molecule has 1 aliphatic heterocycles. The van der Waals surface area contributed by atoms with Crippen molar-refractivity contribution in [1.29, 1.82) is 0 Å². The van der Waals surface area contributed by atoms with Gasteiger partial charge in [-0.25, -0.2) is 0 Å². The molecule has 5 heteroatoms. The summed E-state index contributed by atoms with van der Waals surface area (Å²) in [5.74, 6) is 6.02. The monoisotopic (exact) mass is 290 g/mol. The quantitative estimate of drug-likeness (QED) is 0.571. The van der Waals surface area contributed by atoms with Crippen LogP contribution in [0.2, 0.25) is 0 Å². The minimum absolute atomic E-state index is 0.0547. The summed E-state index contributed by atoms with van der Waals surface area (Å²) >= 11 is 0. The van der Waals surface area contributed by atoms with Gasteiger partial charge in [0.15, 0.2) is 0 Å². The van der Waals surface area contributed by atoms with Crippen molar-refractivity contribution in [2.75, 3.05) is 31.6 Å². The van der Waals surface area contributed by atoms with E-state index >= 15 is 0 Å². The highest BCUT2D eigenvalue weighted by Gasteiger charge is 2.19. The molecule has 0 unspecified atom stereocenters. The Kier molecular flexibility index (Phi) is 5.59. The van der Waals surface area contributed by atoms with Crippen molar-refractivity contribution in [2.24, 2.45) is 11.8 Å². The standard InChI is InChI=1S/C16H26N4O/c1-3-20-8-6-13(7-9-20)11-18-16(21)14-5-4-12(2)10-15(14)19-17/h4-5,10,13,19H,3,6-9,11,17H2,1-2H3,(H,18,21). The first-order valence-corrected chi connectivity index (χ1v) is 7.71. The number of nitrogens with zero attached hydrogens (tertiary/aromatic N) is 1. The summed E-state index contributed by atoms with van der Waals surface area (Å²) in [6.07, 6.45) is 2.31. The van der Waals surface area contributed by atoms with Gasteiger partial charge >= 0.3 is 0 Å². The zero-order valence-electron chi connectivity index (χ0n) is 13.0. The summed E-state index contributed by atoms with van der Waals surface area (Å²) in [6, 6.07) is 5.63. The number of hydrogen-bond acceptors (Lipinski definition) is 4. The molecule has 0 aliphatic carbocycles.